The van der Waals surface area contributed by atoms with Crippen molar-refractivity contribution in [3.63, 3.8) is 0 Å². The van der Waals surface area contributed by atoms with E-state index >= 15 is 0 Å². The van der Waals surface area contributed by atoms with E-state index in [9.17, 15) is 9.35 Å². The maximum atomic E-state index is 11.3. The van der Waals surface area contributed by atoms with Crippen molar-refractivity contribution in [1.29, 1.82) is 0 Å². The fraction of sp³-hybridized carbons (Fsp3) is 0.364. The van der Waals surface area contributed by atoms with Crippen LogP contribution in [0.3, 0.4) is 0 Å². The van der Waals surface area contributed by atoms with Crippen LogP contribution in [0, 0.1) is 0 Å². The molecule has 0 saturated carbocycles. The smallest absolute Gasteiger partial charge is 0.359 e. The van der Waals surface area contributed by atoms with Crippen LogP contribution in [0.15, 0.2) is 30.3 Å². The summed E-state index contributed by atoms with van der Waals surface area (Å²) in [4.78, 5) is 11.3. The van der Waals surface area contributed by atoms with Crippen LogP contribution < -0.4 is 0 Å². The zero-order valence-electron chi connectivity index (χ0n) is 8.80. The number of hydrogen-bond donors (Lipinski definition) is 0. The molecular formula is C11H14O3S. The van der Waals surface area contributed by atoms with Gasteiger partial charge in [0.25, 0.3) is 0 Å². The van der Waals surface area contributed by atoms with Gasteiger partial charge in [-0.1, -0.05) is 30.3 Å². The molecule has 0 bridgehead atoms. The van der Waals surface area contributed by atoms with E-state index in [4.69, 9.17) is 4.74 Å². The molecule has 2 atom stereocenters. The van der Waals surface area contributed by atoms with Crippen molar-refractivity contribution in [2.24, 2.45) is 0 Å². The molecule has 0 radical (unpaired) electrons. The lowest BCUT2D eigenvalue weighted by atomic mass is 10.2. The zero-order valence-corrected chi connectivity index (χ0v) is 9.62. The van der Waals surface area contributed by atoms with Gasteiger partial charge < -0.3 is 9.29 Å². The maximum absolute atomic E-state index is 11.3. The minimum atomic E-state index is -1.17. The third-order valence-electron chi connectivity index (χ3n) is 2.05. The van der Waals surface area contributed by atoms with Crippen molar-refractivity contribution in [2.75, 3.05) is 6.26 Å². The summed E-state index contributed by atoms with van der Waals surface area (Å²) in [7, 11) is 0. The average Bonchev–Trinajstić information content (AvgIpc) is 2.26. The molecule has 0 fully saturated rings. The molecule has 3 nitrogen and oxygen atoms in total. The molecular weight excluding hydrogens is 212 g/mol. The molecule has 15 heavy (non-hydrogen) atoms. The molecule has 1 aromatic rings. The fourth-order valence-corrected chi connectivity index (χ4v) is 1.32. The van der Waals surface area contributed by atoms with Crippen molar-refractivity contribution < 1.29 is 14.1 Å². The first-order valence-corrected chi connectivity index (χ1v) is 6.26. The standard InChI is InChI=1S/C11H14O3S/c1-9(15(2)13)11(12)14-8-10-6-4-3-5-7-10/h3-7,9H,8H2,1-2H3. The van der Waals surface area contributed by atoms with Gasteiger partial charge in [-0.05, 0) is 23.7 Å². The summed E-state index contributed by atoms with van der Waals surface area (Å²) in [5.74, 6) is -0.417. The first-order chi connectivity index (χ1) is 7.11. The van der Waals surface area contributed by atoms with Crippen LogP contribution in [0.4, 0.5) is 0 Å². The number of hydrogen-bond acceptors (Lipinski definition) is 3. The van der Waals surface area contributed by atoms with E-state index in [-0.39, 0.29) is 6.61 Å². The summed E-state index contributed by atoms with van der Waals surface area (Å²) in [5.41, 5.74) is 0.930. The Bertz CT molecular complexity index is 311. The molecule has 1 aromatic carbocycles. The lowest BCUT2D eigenvalue weighted by Gasteiger charge is -2.12. The topological polar surface area (TPSA) is 49.4 Å². The number of benzene rings is 1. The highest BCUT2D eigenvalue weighted by Gasteiger charge is 2.22. The van der Waals surface area contributed by atoms with Crippen molar-refractivity contribution in [2.45, 2.75) is 18.8 Å². The Hall–Kier alpha value is -1.00. The van der Waals surface area contributed by atoms with E-state index in [1.807, 2.05) is 30.3 Å². The number of rotatable bonds is 4. The molecule has 1 rings (SSSR count). The van der Waals surface area contributed by atoms with Gasteiger partial charge in [0.15, 0.2) is 0 Å². The van der Waals surface area contributed by atoms with Gasteiger partial charge in [0, 0.05) is 0 Å². The average molecular weight is 226 g/mol. The predicted molar refractivity (Wildman–Crippen MR) is 59.8 cm³/mol. The Morgan fingerprint density at radius 2 is 2.07 bits per heavy atom. The van der Waals surface area contributed by atoms with Gasteiger partial charge in [-0.15, -0.1) is 0 Å². The minimum absolute atomic E-state index is 0.237. The van der Waals surface area contributed by atoms with Gasteiger partial charge in [-0.25, -0.2) is 4.79 Å². The molecule has 2 unspecified atom stereocenters. The van der Waals surface area contributed by atoms with Crippen LogP contribution >= 0.6 is 0 Å². The Kier molecular flexibility index (Phi) is 4.65. The number of carbonyl (C=O) groups excluding carboxylic acids is 1. The van der Waals surface area contributed by atoms with Crippen molar-refractivity contribution in [3.05, 3.63) is 35.9 Å². The lowest BCUT2D eigenvalue weighted by molar-refractivity contribution is -0.144. The van der Waals surface area contributed by atoms with Crippen LogP contribution in [0.5, 0.6) is 0 Å². The molecule has 4 heteroatoms. The van der Waals surface area contributed by atoms with Gasteiger partial charge >= 0.3 is 5.97 Å². The normalized spacial score (nSPS) is 14.3. The van der Waals surface area contributed by atoms with E-state index in [0.29, 0.717) is 0 Å². The van der Waals surface area contributed by atoms with E-state index < -0.39 is 22.4 Å². The van der Waals surface area contributed by atoms with Crippen LogP contribution in [0.1, 0.15) is 12.5 Å². The Morgan fingerprint density at radius 1 is 1.47 bits per heavy atom. The van der Waals surface area contributed by atoms with E-state index in [0.717, 1.165) is 5.56 Å². The number of ether oxygens (including phenoxy) is 1. The second kappa shape index (κ2) is 5.78. The molecule has 82 valence electrons. The number of carbonyl (C=O) groups is 1. The zero-order chi connectivity index (χ0) is 11.3. The van der Waals surface area contributed by atoms with Crippen molar-refractivity contribution >= 4 is 17.1 Å². The van der Waals surface area contributed by atoms with Crippen molar-refractivity contribution in [1.82, 2.24) is 0 Å². The van der Waals surface area contributed by atoms with Gasteiger partial charge in [-0.2, -0.15) is 0 Å². The second-order valence-corrected chi connectivity index (χ2v) is 4.94. The lowest BCUT2D eigenvalue weighted by Crippen LogP contribution is -2.28. The summed E-state index contributed by atoms with van der Waals surface area (Å²) < 4.78 is 16.0. The Balaban J connectivity index is 2.41. The summed E-state index contributed by atoms with van der Waals surface area (Å²) in [6.07, 6.45) is 1.49. The second-order valence-electron chi connectivity index (χ2n) is 3.23. The van der Waals surface area contributed by atoms with Crippen LogP contribution in [-0.2, 0) is 27.3 Å². The highest BCUT2D eigenvalue weighted by atomic mass is 32.2. The first-order valence-electron chi connectivity index (χ1n) is 4.64. The van der Waals surface area contributed by atoms with E-state index in [1.165, 1.54) is 6.26 Å². The quantitative estimate of drug-likeness (QED) is 0.577. The van der Waals surface area contributed by atoms with Gasteiger partial charge in [0.2, 0.25) is 5.25 Å². The highest BCUT2D eigenvalue weighted by molar-refractivity contribution is 7.92. The molecule has 0 N–H and O–H groups in total. The summed E-state index contributed by atoms with van der Waals surface area (Å²) in [6, 6.07) is 9.41. The highest BCUT2D eigenvalue weighted by Crippen LogP contribution is 2.05. The Morgan fingerprint density at radius 3 is 2.60 bits per heavy atom. The molecule has 0 saturated heterocycles. The third-order valence-corrected chi connectivity index (χ3v) is 3.24. The van der Waals surface area contributed by atoms with E-state index in [2.05, 4.69) is 0 Å². The van der Waals surface area contributed by atoms with Crippen LogP contribution in [0.25, 0.3) is 0 Å². The van der Waals surface area contributed by atoms with Crippen LogP contribution in [0.2, 0.25) is 0 Å². The summed E-state index contributed by atoms with van der Waals surface area (Å²) >= 11 is -1.17. The SMILES string of the molecule is CC(C(=O)OCc1ccccc1)[S+](C)[O-]. The third kappa shape index (κ3) is 3.93. The van der Waals surface area contributed by atoms with Gasteiger partial charge in [-0.3, -0.25) is 0 Å². The van der Waals surface area contributed by atoms with E-state index in [1.54, 1.807) is 6.92 Å². The first kappa shape index (κ1) is 12.1. The summed E-state index contributed by atoms with van der Waals surface area (Å²) in [5, 5.41) is -0.561. The van der Waals surface area contributed by atoms with Crippen LogP contribution in [-0.4, -0.2) is 22.0 Å². The number of esters is 1. The molecule has 0 aliphatic carbocycles. The molecule has 0 aliphatic heterocycles. The largest absolute Gasteiger partial charge is 0.616 e. The van der Waals surface area contributed by atoms with Gasteiger partial charge in [0.1, 0.15) is 6.61 Å². The molecule has 0 aromatic heterocycles. The predicted octanol–water partition coefficient (Wildman–Crippen LogP) is 1.50. The molecule has 0 amide bonds. The maximum Gasteiger partial charge on any atom is 0.359 e. The van der Waals surface area contributed by atoms with Crippen molar-refractivity contribution in [3.8, 4) is 0 Å². The molecule has 0 aliphatic rings. The minimum Gasteiger partial charge on any atom is -0.616 e. The van der Waals surface area contributed by atoms with Gasteiger partial charge in [0.05, 0.1) is 6.26 Å². The Labute approximate surface area is 92.6 Å². The molecule has 0 spiro atoms. The summed E-state index contributed by atoms with van der Waals surface area (Å²) in [6.45, 7) is 1.84. The molecule has 0 heterocycles. The monoisotopic (exact) mass is 226 g/mol. The fourth-order valence-electron chi connectivity index (χ4n) is 0.982.